The molecule has 0 N–H and O–H groups in total. The van der Waals surface area contributed by atoms with E-state index in [9.17, 15) is 0 Å². The summed E-state index contributed by atoms with van der Waals surface area (Å²) in [6.45, 7) is 0. The van der Waals surface area contributed by atoms with E-state index in [1.165, 1.54) is 47.3 Å². The molecule has 60 heavy (non-hydrogen) atoms. The average molecular weight is 783 g/mol. The maximum absolute atomic E-state index is 5.29. The summed E-state index contributed by atoms with van der Waals surface area (Å²) < 4.78 is 4.96. The summed E-state index contributed by atoms with van der Waals surface area (Å²) in [5.74, 6) is 1.86. The molecule has 0 amide bonds. The van der Waals surface area contributed by atoms with Gasteiger partial charge in [0.15, 0.2) is 17.5 Å². The van der Waals surface area contributed by atoms with Crippen molar-refractivity contribution in [1.82, 2.24) is 19.5 Å². The van der Waals surface area contributed by atoms with Crippen LogP contribution in [0, 0.1) is 0 Å². The van der Waals surface area contributed by atoms with Crippen molar-refractivity contribution < 1.29 is 0 Å². The van der Waals surface area contributed by atoms with Gasteiger partial charge >= 0.3 is 0 Å². The first kappa shape index (κ1) is 34.3. The van der Waals surface area contributed by atoms with Gasteiger partial charge in [0, 0.05) is 47.6 Å². The molecule has 12 rings (SSSR count). The fourth-order valence-corrected chi connectivity index (χ4v) is 9.94. The molecule has 280 valence electrons. The molecule has 12 aromatic rings. The Morgan fingerprint density at radius 1 is 0.333 bits per heavy atom. The number of fused-ring (bicyclic) bond motifs is 8. The van der Waals surface area contributed by atoms with Gasteiger partial charge in [-0.05, 0) is 69.4 Å². The van der Waals surface area contributed by atoms with E-state index in [-0.39, 0.29) is 0 Å². The molecule has 0 bridgehead atoms. The Bertz CT molecular complexity index is 3530. The largest absolute Gasteiger partial charge is 0.308 e. The molecule has 0 atom stereocenters. The molecular formula is C55H34N4S. The molecule has 3 aromatic heterocycles. The zero-order valence-electron chi connectivity index (χ0n) is 32.3. The van der Waals surface area contributed by atoms with Gasteiger partial charge in [-0.3, -0.25) is 0 Å². The van der Waals surface area contributed by atoms with Gasteiger partial charge in [-0.1, -0.05) is 170 Å². The average Bonchev–Trinajstić information content (AvgIpc) is 3.88. The predicted molar refractivity (Wildman–Crippen MR) is 252 cm³/mol. The third-order valence-corrected chi connectivity index (χ3v) is 12.8. The summed E-state index contributed by atoms with van der Waals surface area (Å²) in [5.41, 5.74) is 10.6. The first-order valence-corrected chi connectivity index (χ1v) is 21.0. The maximum Gasteiger partial charge on any atom is 0.166 e. The number of nitrogens with zero attached hydrogens (tertiary/aromatic N) is 4. The molecule has 3 heterocycles. The van der Waals surface area contributed by atoms with Crippen molar-refractivity contribution in [3.05, 3.63) is 206 Å². The van der Waals surface area contributed by atoms with Gasteiger partial charge in [0.1, 0.15) is 0 Å². The van der Waals surface area contributed by atoms with Crippen LogP contribution in [0.2, 0.25) is 0 Å². The van der Waals surface area contributed by atoms with Gasteiger partial charge in [0.2, 0.25) is 0 Å². The molecule has 0 spiro atoms. The molecule has 0 radical (unpaired) electrons. The van der Waals surface area contributed by atoms with Gasteiger partial charge in [-0.2, -0.15) is 0 Å². The van der Waals surface area contributed by atoms with Gasteiger partial charge in [-0.25, -0.2) is 15.0 Å². The topological polar surface area (TPSA) is 43.6 Å². The fraction of sp³-hybridized carbons (Fsp3) is 0. The molecule has 0 saturated carbocycles. The zero-order valence-corrected chi connectivity index (χ0v) is 33.1. The minimum Gasteiger partial charge on any atom is -0.308 e. The molecule has 9 aromatic carbocycles. The summed E-state index contributed by atoms with van der Waals surface area (Å²) in [7, 11) is 0. The number of thiophene rings is 1. The van der Waals surface area contributed by atoms with E-state index < -0.39 is 0 Å². The Hall–Kier alpha value is -7.73. The zero-order chi connectivity index (χ0) is 39.6. The highest BCUT2D eigenvalue weighted by Crippen LogP contribution is 2.41. The van der Waals surface area contributed by atoms with E-state index in [1.54, 1.807) is 0 Å². The Kier molecular flexibility index (Phi) is 8.00. The minimum absolute atomic E-state index is 0.613. The van der Waals surface area contributed by atoms with E-state index in [1.807, 2.05) is 29.5 Å². The lowest BCUT2D eigenvalue weighted by Gasteiger charge is -2.16. The highest BCUT2D eigenvalue weighted by Gasteiger charge is 2.20. The van der Waals surface area contributed by atoms with Crippen LogP contribution in [-0.2, 0) is 0 Å². The second-order valence-corrected chi connectivity index (χ2v) is 16.3. The van der Waals surface area contributed by atoms with Crippen molar-refractivity contribution in [3.63, 3.8) is 0 Å². The second-order valence-electron chi connectivity index (χ2n) is 15.2. The molecule has 0 aliphatic rings. The van der Waals surface area contributed by atoms with Crippen LogP contribution in [0.25, 0.3) is 115 Å². The number of hydrogen-bond donors (Lipinski definition) is 0. The Labute approximate surface area is 350 Å². The lowest BCUT2D eigenvalue weighted by Crippen LogP contribution is -2.04. The Morgan fingerprint density at radius 3 is 1.57 bits per heavy atom. The lowest BCUT2D eigenvalue weighted by atomic mass is 10.00. The summed E-state index contributed by atoms with van der Waals surface area (Å²) in [6, 6.07) is 73.3. The van der Waals surface area contributed by atoms with Crippen molar-refractivity contribution in [2.24, 2.45) is 0 Å². The van der Waals surface area contributed by atoms with E-state index in [4.69, 9.17) is 15.0 Å². The van der Waals surface area contributed by atoms with E-state index >= 15 is 0 Å². The van der Waals surface area contributed by atoms with Crippen LogP contribution < -0.4 is 0 Å². The van der Waals surface area contributed by atoms with Crippen LogP contribution >= 0.6 is 11.3 Å². The third kappa shape index (κ3) is 5.70. The van der Waals surface area contributed by atoms with Gasteiger partial charge in [0.05, 0.1) is 16.7 Å². The molecule has 4 nitrogen and oxygen atoms in total. The standard InChI is InChI=1S/C55H34N4S/c1-3-13-35(14-4-1)40-27-30-45(49(33-40)59-47-21-11-9-19-43(47)44-20-10-12-22-48(44)59)55-57-53(38-16-5-2-6-17-38)56-54(58-55)39-25-23-36(24-26-39)41-28-31-46-51(34-41)60-50-32-29-37-15-7-8-18-42(37)52(46)50/h1-34H. The predicted octanol–water partition coefficient (Wildman–Crippen LogP) is 14.8. The third-order valence-electron chi connectivity index (χ3n) is 11.7. The Morgan fingerprint density at radius 2 is 0.850 bits per heavy atom. The molecule has 0 aliphatic carbocycles. The van der Waals surface area contributed by atoms with Gasteiger partial charge in [0.25, 0.3) is 0 Å². The molecule has 0 saturated heterocycles. The van der Waals surface area contributed by atoms with Crippen LogP contribution in [0.5, 0.6) is 0 Å². The van der Waals surface area contributed by atoms with E-state index in [0.717, 1.165) is 50.1 Å². The second kappa shape index (κ2) is 14.0. The Balaban J connectivity index is 1.01. The fourth-order valence-electron chi connectivity index (χ4n) is 8.78. The van der Waals surface area contributed by atoms with Crippen LogP contribution in [0.1, 0.15) is 0 Å². The smallest absolute Gasteiger partial charge is 0.166 e. The highest BCUT2D eigenvalue weighted by molar-refractivity contribution is 7.26. The highest BCUT2D eigenvalue weighted by atomic mass is 32.1. The molecular weight excluding hydrogens is 749 g/mol. The maximum atomic E-state index is 5.29. The van der Waals surface area contributed by atoms with Crippen molar-refractivity contribution in [1.29, 1.82) is 0 Å². The molecule has 0 fully saturated rings. The summed E-state index contributed by atoms with van der Waals surface area (Å²) in [6.07, 6.45) is 0. The quantitative estimate of drug-likeness (QED) is 0.169. The monoisotopic (exact) mass is 782 g/mol. The van der Waals surface area contributed by atoms with Gasteiger partial charge < -0.3 is 4.57 Å². The van der Waals surface area contributed by atoms with Crippen LogP contribution in [0.15, 0.2) is 206 Å². The SMILES string of the molecule is c1ccc(-c2ccc(-c3nc(-c4ccccc4)nc(-c4ccc(-c5ccc6c(c5)sc5ccc7ccccc7c56)cc4)n3)c(-n3c4ccccc4c4ccccc43)c2)cc1. The number of rotatable bonds is 6. The van der Waals surface area contributed by atoms with Crippen LogP contribution in [-0.4, -0.2) is 19.5 Å². The van der Waals surface area contributed by atoms with E-state index in [0.29, 0.717) is 17.5 Å². The first-order valence-electron chi connectivity index (χ1n) is 20.2. The number of hydrogen-bond acceptors (Lipinski definition) is 4. The van der Waals surface area contributed by atoms with Crippen molar-refractivity contribution in [3.8, 4) is 62.1 Å². The molecule has 5 heteroatoms. The van der Waals surface area contributed by atoms with Crippen LogP contribution in [0.4, 0.5) is 0 Å². The van der Waals surface area contributed by atoms with Crippen molar-refractivity contribution in [2.45, 2.75) is 0 Å². The molecule has 0 unspecified atom stereocenters. The van der Waals surface area contributed by atoms with Crippen molar-refractivity contribution in [2.75, 3.05) is 0 Å². The summed E-state index contributed by atoms with van der Waals surface area (Å²) in [5, 5.41) is 7.62. The number of benzene rings is 9. The normalized spacial score (nSPS) is 11.7. The lowest BCUT2D eigenvalue weighted by molar-refractivity contribution is 1.06. The van der Waals surface area contributed by atoms with E-state index in [2.05, 4.69) is 193 Å². The van der Waals surface area contributed by atoms with Crippen molar-refractivity contribution >= 4 is 64.1 Å². The number of para-hydroxylation sites is 2. The minimum atomic E-state index is 0.613. The molecule has 0 aliphatic heterocycles. The number of aromatic nitrogens is 4. The first-order chi connectivity index (χ1) is 29.7. The van der Waals surface area contributed by atoms with Gasteiger partial charge in [-0.15, -0.1) is 11.3 Å². The summed E-state index contributed by atoms with van der Waals surface area (Å²) >= 11 is 1.86. The van der Waals surface area contributed by atoms with Crippen LogP contribution in [0.3, 0.4) is 0 Å². The summed E-state index contributed by atoms with van der Waals surface area (Å²) in [4.78, 5) is 15.6.